The van der Waals surface area contributed by atoms with Gasteiger partial charge in [-0.2, -0.15) is 5.26 Å². The molecule has 3 heteroatoms. The van der Waals surface area contributed by atoms with Crippen molar-refractivity contribution in [3.63, 3.8) is 0 Å². The second-order valence-corrected chi connectivity index (χ2v) is 12.6. The minimum atomic E-state index is -0.214. The lowest BCUT2D eigenvalue weighted by Crippen LogP contribution is -2.58. The van der Waals surface area contributed by atoms with E-state index in [4.69, 9.17) is 5.73 Å². The molecule has 4 rings (SSSR count). The van der Waals surface area contributed by atoms with Crippen molar-refractivity contribution in [2.75, 3.05) is 0 Å². The van der Waals surface area contributed by atoms with Crippen molar-refractivity contribution in [3.8, 4) is 6.07 Å². The standard InChI is InChI=1S/C27H46N2O/c1-17(2)6-5-7-24(29)22-9-8-20-19-15-25(30)23-14-18(16-28)10-12-27(23,4)21(19)11-13-26(20,22)3/h17-25,30H,5-15,29H2,1-4H3/t18?,19?,20?,21-,22?,23?,24?,25-,26?,27?/m0/s1. The fourth-order valence-corrected chi connectivity index (χ4v) is 9.12. The molecule has 4 aliphatic rings. The summed E-state index contributed by atoms with van der Waals surface area (Å²) in [6.45, 7) is 9.65. The largest absolute Gasteiger partial charge is 0.393 e. The first-order chi connectivity index (χ1) is 14.2. The Morgan fingerprint density at radius 1 is 0.967 bits per heavy atom. The zero-order chi connectivity index (χ0) is 21.7. The van der Waals surface area contributed by atoms with Crippen LogP contribution < -0.4 is 5.73 Å². The first kappa shape index (κ1) is 22.6. The van der Waals surface area contributed by atoms with Crippen molar-refractivity contribution in [2.45, 2.75) is 110 Å². The third-order valence-corrected chi connectivity index (χ3v) is 10.8. The molecule has 0 aliphatic heterocycles. The highest BCUT2D eigenvalue weighted by molar-refractivity contribution is 5.12. The molecule has 0 radical (unpaired) electrons. The van der Waals surface area contributed by atoms with E-state index >= 15 is 0 Å². The molecule has 170 valence electrons. The van der Waals surface area contributed by atoms with Crippen molar-refractivity contribution in [2.24, 2.45) is 58.0 Å². The van der Waals surface area contributed by atoms with Crippen LogP contribution in [-0.4, -0.2) is 17.3 Å². The van der Waals surface area contributed by atoms with Gasteiger partial charge in [0.2, 0.25) is 0 Å². The number of nitrogens with zero attached hydrogens (tertiary/aromatic N) is 1. The van der Waals surface area contributed by atoms with Gasteiger partial charge >= 0.3 is 0 Å². The molecule has 30 heavy (non-hydrogen) atoms. The van der Waals surface area contributed by atoms with E-state index in [0.717, 1.165) is 43.4 Å². The van der Waals surface area contributed by atoms with Crippen LogP contribution in [0.5, 0.6) is 0 Å². The van der Waals surface area contributed by atoms with Gasteiger partial charge in [0, 0.05) is 12.0 Å². The Kier molecular flexibility index (Phi) is 6.33. The van der Waals surface area contributed by atoms with Crippen molar-refractivity contribution in [1.29, 1.82) is 5.26 Å². The minimum absolute atomic E-state index is 0.155. The van der Waals surface area contributed by atoms with Crippen LogP contribution >= 0.6 is 0 Å². The molecule has 4 aliphatic carbocycles. The first-order valence-electron chi connectivity index (χ1n) is 13.0. The predicted molar refractivity (Wildman–Crippen MR) is 122 cm³/mol. The Balaban J connectivity index is 1.50. The number of hydrogen-bond acceptors (Lipinski definition) is 3. The maximum Gasteiger partial charge on any atom is 0.0655 e. The molecular formula is C27H46N2O. The number of rotatable bonds is 5. The monoisotopic (exact) mass is 414 g/mol. The van der Waals surface area contributed by atoms with Crippen molar-refractivity contribution >= 4 is 0 Å². The molecule has 0 saturated heterocycles. The fourth-order valence-electron chi connectivity index (χ4n) is 9.12. The third-order valence-electron chi connectivity index (χ3n) is 10.8. The SMILES string of the molecule is CC(C)CCCC(N)C1CCC2C3C[C@H](O)C4CC(C#N)CCC4(C)[C@H]3CCC12C. The van der Waals surface area contributed by atoms with Gasteiger partial charge < -0.3 is 10.8 Å². The summed E-state index contributed by atoms with van der Waals surface area (Å²) in [5.74, 6) is 4.05. The van der Waals surface area contributed by atoms with Gasteiger partial charge in [0.25, 0.3) is 0 Å². The van der Waals surface area contributed by atoms with Gasteiger partial charge in [0.05, 0.1) is 12.2 Å². The average molecular weight is 415 g/mol. The van der Waals surface area contributed by atoms with E-state index in [0.29, 0.717) is 29.2 Å². The smallest absolute Gasteiger partial charge is 0.0655 e. The highest BCUT2D eigenvalue weighted by Gasteiger charge is 2.62. The van der Waals surface area contributed by atoms with Gasteiger partial charge in [-0.05, 0) is 104 Å². The second kappa shape index (κ2) is 8.40. The Hall–Kier alpha value is -0.590. The van der Waals surface area contributed by atoms with Gasteiger partial charge in [-0.15, -0.1) is 0 Å². The summed E-state index contributed by atoms with van der Waals surface area (Å²) in [7, 11) is 0. The van der Waals surface area contributed by atoms with Crippen molar-refractivity contribution < 1.29 is 5.11 Å². The lowest BCUT2D eigenvalue weighted by atomic mass is 9.43. The number of hydrogen-bond donors (Lipinski definition) is 2. The van der Waals surface area contributed by atoms with E-state index in [1.807, 2.05) is 0 Å². The average Bonchev–Trinajstić information content (AvgIpc) is 3.05. The van der Waals surface area contributed by atoms with Gasteiger partial charge in [0.15, 0.2) is 0 Å². The van der Waals surface area contributed by atoms with Crippen LogP contribution in [0.2, 0.25) is 0 Å². The molecule has 0 aromatic carbocycles. The quantitative estimate of drug-likeness (QED) is 0.587. The van der Waals surface area contributed by atoms with Gasteiger partial charge in [-0.1, -0.05) is 40.5 Å². The van der Waals surface area contributed by atoms with Gasteiger partial charge in [-0.25, -0.2) is 0 Å². The van der Waals surface area contributed by atoms with Gasteiger partial charge in [-0.3, -0.25) is 0 Å². The van der Waals surface area contributed by atoms with Gasteiger partial charge in [0.1, 0.15) is 0 Å². The number of fused-ring (bicyclic) bond motifs is 5. The lowest BCUT2D eigenvalue weighted by molar-refractivity contribution is -0.162. The Morgan fingerprint density at radius 3 is 2.37 bits per heavy atom. The zero-order valence-electron chi connectivity index (χ0n) is 19.9. The Bertz CT molecular complexity index is 656. The van der Waals surface area contributed by atoms with E-state index in [-0.39, 0.29) is 17.4 Å². The number of nitriles is 1. The number of aliphatic hydroxyl groups excluding tert-OH is 1. The Labute approximate surface area is 185 Å². The molecule has 0 aromatic heterocycles. The van der Waals surface area contributed by atoms with Crippen LogP contribution in [0.25, 0.3) is 0 Å². The van der Waals surface area contributed by atoms with E-state index in [1.54, 1.807) is 0 Å². The van der Waals surface area contributed by atoms with Crippen LogP contribution in [0, 0.1) is 63.6 Å². The first-order valence-corrected chi connectivity index (χ1v) is 13.0. The molecule has 3 N–H and O–H groups in total. The highest BCUT2D eigenvalue weighted by Crippen LogP contribution is 2.68. The fraction of sp³-hybridized carbons (Fsp3) is 0.963. The summed E-state index contributed by atoms with van der Waals surface area (Å²) in [6.07, 6.45) is 12.8. The molecule has 8 unspecified atom stereocenters. The molecule has 0 aromatic rings. The predicted octanol–water partition coefficient (Wildman–Crippen LogP) is 5.91. The summed E-state index contributed by atoms with van der Waals surface area (Å²) in [6, 6.07) is 2.85. The Morgan fingerprint density at radius 2 is 1.67 bits per heavy atom. The normalized spacial score (nSPS) is 49.1. The summed E-state index contributed by atoms with van der Waals surface area (Å²) < 4.78 is 0. The molecule has 0 spiro atoms. The minimum Gasteiger partial charge on any atom is -0.393 e. The molecule has 0 amide bonds. The van der Waals surface area contributed by atoms with Crippen molar-refractivity contribution in [1.82, 2.24) is 0 Å². The summed E-state index contributed by atoms with van der Waals surface area (Å²) in [4.78, 5) is 0. The topological polar surface area (TPSA) is 70.0 Å². The number of nitrogens with two attached hydrogens (primary N) is 1. The van der Waals surface area contributed by atoms with E-state index < -0.39 is 0 Å². The zero-order valence-corrected chi connectivity index (χ0v) is 19.9. The third kappa shape index (κ3) is 3.65. The van der Waals surface area contributed by atoms with Crippen LogP contribution in [0.3, 0.4) is 0 Å². The second-order valence-electron chi connectivity index (χ2n) is 12.6. The molecule has 4 saturated carbocycles. The van der Waals surface area contributed by atoms with E-state index in [2.05, 4.69) is 33.8 Å². The molecule has 4 fully saturated rings. The van der Waals surface area contributed by atoms with E-state index in [1.165, 1.54) is 44.9 Å². The molecule has 3 nitrogen and oxygen atoms in total. The maximum absolute atomic E-state index is 11.2. The molecule has 0 bridgehead atoms. The highest BCUT2D eigenvalue weighted by atomic mass is 16.3. The number of aliphatic hydroxyl groups is 1. The molecule has 0 heterocycles. The van der Waals surface area contributed by atoms with Crippen LogP contribution in [0.1, 0.15) is 98.3 Å². The summed E-state index contributed by atoms with van der Waals surface area (Å²) in [5.41, 5.74) is 7.43. The van der Waals surface area contributed by atoms with Crippen molar-refractivity contribution in [3.05, 3.63) is 0 Å². The van der Waals surface area contributed by atoms with Crippen LogP contribution in [0.4, 0.5) is 0 Å². The van der Waals surface area contributed by atoms with E-state index in [9.17, 15) is 10.4 Å². The lowest BCUT2D eigenvalue weighted by Gasteiger charge is -2.62. The van der Waals surface area contributed by atoms with Crippen LogP contribution in [0.15, 0.2) is 0 Å². The molecular weight excluding hydrogens is 368 g/mol. The molecule has 10 atom stereocenters. The maximum atomic E-state index is 11.2. The van der Waals surface area contributed by atoms with Crippen LogP contribution in [-0.2, 0) is 0 Å². The summed E-state index contributed by atoms with van der Waals surface area (Å²) in [5, 5.41) is 20.7. The summed E-state index contributed by atoms with van der Waals surface area (Å²) >= 11 is 0.